The van der Waals surface area contributed by atoms with Crippen LogP contribution in [0.3, 0.4) is 0 Å². The number of hydrogen-bond donors (Lipinski definition) is 2. The first kappa shape index (κ1) is 61.2. The molecule has 0 aliphatic carbocycles. The Morgan fingerprint density at radius 2 is 1.12 bits per heavy atom. The number of hydroxylamine groups is 2. The summed E-state index contributed by atoms with van der Waals surface area (Å²) in [6.45, 7) is 14.1. The summed E-state index contributed by atoms with van der Waals surface area (Å²) in [5.41, 5.74) is 8.04. The van der Waals surface area contributed by atoms with Crippen LogP contribution in [0.15, 0.2) is 35.0 Å². The lowest BCUT2D eigenvalue weighted by atomic mass is 10.1. The van der Waals surface area contributed by atoms with Crippen LogP contribution in [-0.4, -0.2) is 246 Å². The second kappa shape index (κ2) is 37.4. The molecule has 0 unspecified atom stereocenters. The number of nitrogens with zero attached hydrogens (tertiary/aromatic N) is 5. The predicted molar refractivity (Wildman–Crippen MR) is 265 cm³/mol. The maximum absolute atomic E-state index is 13.4. The van der Waals surface area contributed by atoms with Gasteiger partial charge in [-0.2, -0.15) is 0 Å². The molecule has 1 aromatic heterocycles. The van der Waals surface area contributed by atoms with Crippen LogP contribution in [0.4, 0.5) is 5.69 Å². The number of carbonyl (C=O) groups is 6. The van der Waals surface area contributed by atoms with Crippen molar-refractivity contribution in [3.8, 4) is 0 Å². The molecule has 4 rings (SSSR count). The minimum Gasteiger partial charge on any atom is -0.387 e. The van der Waals surface area contributed by atoms with Crippen molar-refractivity contribution in [1.82, 2.24) is 25.1 Å². The van der Waals surface area contributed by atoms with Crippen molar-refractivity contribution in [2.75, 3.05) is 185 Å². The van der Waals surface area contributed by atoms with Crippen LogP contribution in [0.1, 0.15) is 49.2 Å². The summed E-state index contributed by atoms with van der Waals surface area (Å²) in [7, 11) is 0. The fourth-order valence-corrected chi connectivity index (χ4v) is 7.11. The third-order valence-corrected chi connectivity index (χ3v) is 10.9. The number of fused-ring (bicyclic) bond motifs is 1. The van der Waals surface area contributed by atoms with Gasteiger partial charge in [-0.1, -0.05) is 6.92 Å². The summed E-state index contributed by atoms with van der Waals surface area (Å²) in [4.78, 5) is 91.7. The third kappa shape index (κ3) is 24.4. The van der Waals surface area contributed by atoms with Gasteiger partial charge < -0.3 is 68.2 Å². The summed E-state index contributed by atoms with van der Waals surface area (Å²) >= 11 is 0. The number of amidine groups is 1. The number of aromatic nitrogens is 1. The number of nitrogens with one attached hydrogen (secondary N) is 2. The van der Waals surface area contributed by atoms with E-state index in [0.717, 1.165) is 23.5 Å². The molecule has 0 bridgehead atoms. The van der Waals surface area contributed by atoms with Crippen LogP contribution < -0.4 is 16.0 Å². The molecule has 0 aromatic carbocycles. The highest BCUT2D eigenvalue weighted by molar-refractivity contribution is 6.14. The molecule has 25 heteroatoms. The maximum atomic E-state index is 13.4. The van der Waals surface area contributed by atoms with Crippen molar-refractivity contribution in [2.45, 2.75) is 33.1 Å². The Bertz CT molecular complexity index is 1940. The van der Waals surface area contributed by atoms with Gasteiger partial charge in [0, 0.05) is 69.5 Å². The SMILES string of the molecule is CCCN(OCC)C(=O)C1=Cc2[nH+]cc(C(=O)N3CCN(C(=O)CCOCCOCCOCCOCCOCCOCCOCCOCCOCCOCCNC(=O)CN4C(=O)C=CC4=O)CC3)cc2N=C(N)C1. The summed E-state index contributed by atoms with van der Waals surface area (Å²) in [5, 5.41) is 3.93. The lowest BCUT2D eigenvalue weighted by Crippen LogP contribution is -2.50. The van der Waals surface area contributed by atoms with Crippen LogP contribution in [0.5, 0.6) is 0 Å². The zero-order valence-corrected chi connectivity index (χ0v) is 43.1. The third-order valence-electron chi connectivity index (χ3n) is 10.9. The zero-order chi connectivity index (χ0) is 53.0. The number of aliphatic imine (C=N–C) groups is 1. The molecule has 3 aliphatic heterocycles. The molecule has 0 radical (unpaired) electrons. The molecule has 6 amide bonds. The molecule has 0 atom stereocenters. The summed E-state index contributed by atoms with van der Waals surface area (Å²) in [6, 6.07) is 1.66. The van der Waals surface area contributed by atoms with Crippen molar-refractivity contribution >= 4 is 53.0 Å². The van der Waals surface area contributed by atoms with Gasteiger partial charge in [-0.25, -0.2) is 15.0 Å². The van der Waals surface area contributed by atoms with E-state index in [9.17, 15) is 28.8 Å². The molecule has 3 aliphatic rings. The van der Waals surface area contributed by atoms with E-state index in [1.165, 1.54) is 5.06 Å². The molecule has 0 spiro atoms. The van der Waals surface area contributed by atoms with Crippen molar-refractivity contribution in [3.63, 3.8) is 0 Å². The fraction of sp³-hybridized carbons (Fsp3) is 0.673. The van der Waals surface area contributed by atoms with E-state index in [2.05, 4.69) is 15.3 Å². The predicted octanol–water partition coefficient (Wildman–Crippen LogP) is -0.652. The molecule has 1 fully saturated rings. The number of ether oxygens (including phenoxy) is 10. The highest BCUT2D eigenvalue weighted by Crippen LogP contribution is 2.26. The average Bonchev–Trinajstić information content (AvgIpc) is 3.60. The fourth-order valence-electron chi connectivity index (χ4n) is 7.11. The number of piperazine rings is 1. The molecular formula is C49H77N8O17+. The van der Waals surface area contributed by atoms with Gasteiger partial charge in [0.2, 0.25) is 17.5 Å². The highest BCUT2D eigenvalue weighted by Gasteiger charge is 2.29. The maximum Gasteiger partial charge on any atom is 0.274 e. The summed E-state index contributed by atoms with van der Waals surface area (Å²) < 4.78 is 55.0. The van der Waals surface area contributed by atoms with Crippen LogP contribution in [0, 0.1) is 0 Å². The summed E-state index contributed by atoms with van der Waals surface area (Å²) in [5.74, 6) is -1.70. The van der Waals surface area contributed by atoms with Crippen molar-refractivity contribution in [1.29, 1.82) is 0 Å². The smallest absolute Gasteiger partial charge is 0.274 e. The van der Waals surface area contributed by atoms with Gasteiger partial charge >= 0.3 is 0 Å². The molecule has 414 valence electrons. The van der Waals surface area contributed by atoms with Gasteiger partial charge in [0.15, 0.2) is 6.20 Å². The zero-order valence-electron chi connectivity index (χ0n) is 43.1. The van der Waals surface area contributed by atoms with Crippen LogP contribution in [-0.2, 0) is 76.2 Å². The molecule has 74 heavy (non-hydrogen) atoms. The molecule has 25 nitrogen and oxygen atoms in total. The van der Waals surface area contributed by atoms with E-state index in [0.29, 0.717) is 181 Å². The number of H-pyrrole nitrogens is 1. The van der Waals surface area contributed by atoms with E-state index in [1.807, 2.05) is 13.8 Å². The first-order chi connectivity index (χ1) is 36.1. The topological polar surface area (TPSA) is 281 Å². The van der Waals surface area contributed by atoms with Gasteiger partial charge in [0.1, 0.15) is 23.6 Å². The number of imide groups is 1. The van der Waals surface area contributed by atoms with Gasteiger partial charge in [0.05, 0.1) is 145 Å². The number of hydrogen-bond acceptors (Lipinski definition) is 19. The molecular weight excluding hydrogens is 973 g/mol. The van der Waals surface area contributed by atoms with Crippen molar-refractivity contribution < 1.29 is 86.0 Å². The van der Waals surface area contributed by atoms with Gasteiger partial charge in [0.25, 0.3) is 23.6 Å². The standard InChI is InChI=1S/C49H76N8O17/c1-3-9-57(74-4-2)49(63)39-34-41-42(53-43(50)36-39)35-40(37-52-41)48(62)55-12-10-54(11-13-55)45(59)7-14-64-16-18-66-20-22-68-24-26-70-28-30-72-32-33-73-31-29-71-27-25-69-23-21-67-19-17-65-15-8-51-44(58)38-56-46(60)5-6-47(56)61/h5-6,34-35,37H,3-4,7-33,36,38H2,1-2H3,(H2,50,53)(H,51,58)/p+1. The van der Waals surface area contributed by atoms with Crippen molar-refractivity contribution in [2.24, 2.45) is 10.7 Å². The number of rotatable bonds is 41. The Balaban J connectivity index is 0.848. The first-order valence-corrected chi connectivity index (χ1v) is 25.3. The number of carbonyl (C=O) groups excluding carboxylic acids is 6. The molecule has 4 N–H and O–H groups in total. The minimum atomic E-state index is -0.500. The van der Waals surface area contributed by atoms with Crippen LogP contribution in [0.25, 0.3) is 6.08 Å². The average molecular weight is 1050 g/mol. The van der Waals surface area contributed by atoms with E-state index in [4.69, 9.17) is 57.9 Å². The number of aromatic amines is 1. The van der Waals surface area contributed by atoms with Crippen molar-refractivity contribution in [3.05, 3.63) is 41.2 Å². The second-order valence-electron chi connectivity index (χ2n) is 16.5. The quantitative estimate of drug-likeness (QED) is 0.0468. The van der Waals surface area contributed by atoms with E-state index in [-0.39, 0.29) is 62.7 Å². The Morgan fingerprint density at radius 1 is 0.662 bits per heavy atom. The van der Waals surface area contributed by atoms with Gasteiger partial charge in [-0.15, -0.1) is 0 Å². The summed E-state index contributed by atoms with van der Waals surface area (Å²) in [6.07, 6.45) is 6.67. The van der Waals surface area contributed by atoms with Crippen LogP contribution >= 0.6 is 0 Å². The monoisotopic (exact) mass is 1050 g/mol. The molecule has 4 heterocycles. The van der Waals surface area contributed by atoms with E-state index in [1.54, 1.807) is 28.1 Å². The minimum absolute atomic E-state index is 0.0363. The Hall–Kier alpha value is -5.32. The van der Waals surface area contributed by atoms with Crippen LogP contribution in [0.2, 0.25) is 0 Å². The highest BCUT2D eigenvalue weighted by atomic mass is 16.7. The number of pyridine rings is 1. The second-order valence-corrected chi connectivity index (χ2v) is 16.5. The van der Waals surface area contributed by atoms with Gasteiger partial charge in [-0.3, -0.25) is 38.5 Å². The lowest BCUT2D eigenvalue weighted by molar-refractivity contribution is -0.380. The largest absolute Gasteiger partial charge is 0.387 e. The molecule has 0 saturated carbocycles. The Morgan fingerprint density at radius 3 is 1.59 bits per heavy atom. The first-order valence-electron chi connectivity index (χ1n) is 25.3. The Labute approximate surface area is 432 Å². The molecule has 1 aromatic rings. The van der Waals surface area contributed by atoms with E-state index < -0.39 is 17.7 Å². The van der Waals surface area contributed by atoms with E-state index >= 15 is 0 Å². The number of nitrogens with two attached hydrogens (primary N) is 1. The molecule has 1 saturated heterocycles. The lowest BCUT2D eigenvalue weighted by Gasteiger charge is -2.34. The van der Waals surface area contributed by atoms with Gasteiger partial charge in [-0.05, 0) is 19.4 Å². The number of amides is 6. The Kier molecular flexibility index (Phi) is 31.0. The normalized spacial score (nSPS) is 14.5.